The van der Waals surface area contributed by atoms with Crippen LogP contribution < -0.4 is 5.73 Å². The number of benzene rings is 1. The van der Waals surface area contributed by atoms with Gasteiger partial charge < -0.3 is 5.73 Å². The molecule has 1 rings (SSSR count). The molecule has 0 bridgehead atoms. The Labute approximate surface area is 93.0 Å². The molecule has 1 heteroatoms. The van der Waals surface area contributed by atoms with Gasteiger partial charge in [-0.1, -0.05) is 44.2 Å². The normalized spacial score (nSPS) is 12.8. The van der Waals surface area contributed by atoms with Crippen LogP contribution >= 0.6 is 0 Å². The van der Waals surface area contributed by atoms with Gasteiger partial charge in [-0.3, -0.25) is 0 Å². The highest BCUT2D eigenvalue weighted by molar-refractivity contribution is 5.26. The van der Waals surface area contributed by atoms with Gasteiger partial charge in [0.1, 0.15) is 0 Å². The number of hydrogen-bond donors (Lipinski definition) is 1. The van der Waals surface area contributed by atoms with E-state index in [1.807, 2.05) is 6.08 Å². The standard InChI is InChI=1S/C14H21N/c1-4-5-6-14(15)13-9-7-12(8-10-13)11(2)3/h4,7-11,14H,1,5-6,15H2,2-3H3/t14-/m0/s1. The van der Waals surface area contributed by atoms with Crippen LogP contribution in [0, 0.1) is 0 Å². The van der Waals surface area contributed by atoms with Crippen molar-refractivity contribution in [1.82, 2.24) is 0 Å². The molecule has 1 aromatic rings. The second-order valence-corrected chi connectivity index (χ2v) is 4.29. The second-order valence-electron chi connectivity index (χ2n) is 4.29. The molecule has 1 atom stereocenters. The fourth-order valence-corrected chi connectivity index (χ4v) is 1.59. The lowest BCUT2D eigenvalue weighted by molar-refractivity contribution is 0.661. The van der Waals surface area contributed by atoms with Crippen molar-refractivity contribution in [2.24, 2.45) is 5.73 Å². The number of allylic oxidation sites excluding steroid dienone is 1. The molecule has 1 nitrogen and oxygen atoms in total. The highest BCUT2D eigenvalue weighted by Crippen LogP contribution is 2.20. The van der Waals surface area contributed by atoms with E-state index >= 15 is 0 Å². The molecular formula is C14H21N. The predicted octanol–water partition coefficient (Wildman–Crippen LogP) is 3.78. The zero-order chi connectivity index (χ0) is 11.3. The number of nitrogens with two attached hydrogens (primary N) is 1. The van der Waals surface area contributed by atoms with E-state index in [1.54, 1.807) is 0 Å². The first-order valence-electron chi connectivity index (χ1n) is 5.61. The average Bonchev–Trinajstić information content (AvgIpc) is 2.26. The molecule has 0 unspecified atom stereocenters. The van der Waals surface area contributed by atoms with Crippen molar-refractivity contribution in [2.75, 3.05) is 0 Å². The minimum absolute atomic E-state index is 0.143. The summed E-state index contributed by atoms with van der Waals surface area (Å²) in [7, 11) is 0. The molecule has 0 saturated carbocycles. The minimum Gasteiger partial charge on any atom is -0.324 e. The van der Waals surface area contributed by atoms with E-state index in [4.69, 9.17) is 5.73 Å². The molecule has 0 heterocycles. The third-order valence-corrected chi connectivity index (χ3v) is 2.71. The van der Waals surface area contributed by atoms with Crippen LogP contribution in [0.3, 0.4) is 0 Å². The third-order valence-electron chi connectivity index (χ3n) is 2.71. The van der Waals surface area contributed by atoms with Crippen LogP contribution in [0.15, 0.2) is 36.9 Å². The number of rotatable bonds is 5. The first-order valence-corrected chi connectivity index (χ1v) is 5.61. The Kier molecular flexibility index (Phi) is 4.57. The summed E-state index contributed by atoms with van der Waals surface area (Å²) >= 11 is 0. The minimum atomic E-state index is 0.143. The Hall–Kier alpha value is -1.08. The first kappa shape index (κ1) is 12.0. The Bertz CT molecular complexity index is 298. The van der Waals surface area contributed by atoms with Crippen LogP contribution in [0.25, 0.3) is 0 Å². The highest BCUT2D eigenvalue weighted by atomic mass is 14.6. The van der Waals surface area contributed by atoms with Gasteiger partial charge in [0, 0.05) is 6.04 Å². The maximum atomic E-state index is 6.06. The Balaban J connectivity index is 2.66. The molecule has 0 spiro atoms. The van der Waals surface area contributed by atoms with E-state index in [1.165, 1.54) is 11.1 Å². The highest BCUT2D eigenvalue weighted by Gasteiger charge is 2.05. The SMILES string of the molecule is C=CCC[C@H](N)c1ccc(C(C)C)cc1. The van der Waals surface area contributed by atoms with Crippen molar-refractivity contribution in [2.45, 2.75) is 38.6 Å². The summed E-state index contributed by atoms with van der Waals surface area (Å²) in [5, 5.41) is 0. The fourth-order valence-electron chi connectivity index (χ4n) is 1.59. The fraction of sp³-hybridized carbons (Fsp3) is 0.429. The summed E-state index contributed by atoms with van der Waals surface area (Å²) in [6.07, 6.45) is 3.87. The molecule has 0 aliphatic rings. The Morgan fingerprint density at radius 2 is 1.73 bits per heavy atom. The lowest BCUT2D eigenvalue weighted by Crippen LogP contribution is -2.09. The molecule has 15 heavy (non-hydrogen) atoms. The predicted molar refractivity (Wildman–Crippen MR) is 66.9 cm³/mol. The Morgan fingerprint density at radius 1 is 1.20 bits per heavy atom. The molecule has 0 aliphatic carbocycles. The summed E-state index contributed by atoms with van der Waals surface area (Å²) in [6.45, 7) is 8.11. The van der Waals surface area contributed by atoms with Gasteiger partial charge in [0.15, 0.2) is 0 Å². The van der Waals surface area contributed by atoms with Crippen LogP contribution in [-0.2, 0) is 0 Å². The molecule has 0 fully saturated rings. The van der Waals surface area contributed by atoms with E-state index in [2.05, 4.69) is 44.7 Å². The van der Waals surface area contributed by atoms with E-state index < -0.39 is 0 Å². The van der Waals surface area contributed by atoms with E-state index in [0.29, 0.717) is 5.92 Å². The monoisotopic (exact) mass is 203 g/mol. The summed E-state index contributed by atoms with van der Waals surface area (Å²) < 4.78 is 0. The second kappa shape index (κ2) is 5.72. The molecule has 82 valence electrons. The van der Waals surface area contributed by atoms with Gasteiger partial charge in [0.2, 0.25) is 0 Å². The van der Waals surface area contributed by atoms with Crippen LogP contribution in [0.4, 0.5) is 0 Å². The van der Waals surface area contributed by atoms with Crippen molar-refractivity contribution in [1.29, 1.82) is 0 Å². The molecule has 0 saturated heterocycles. The van der Waals surface area contributed by atoms with Crippen LogP contribution in [0.5, 0.6) is 0 Å². The lowest BCUT2D eigenvalue weighted by Gasteiger charge is -2.12. The molecule has 0 radical (unpaired) electrons. The van der Waals surface area contributed by atoms with E-state index in [0.717, 1.165) is 12.8 Å². The van der Waals surface area contributed by atoms with Gasteiger partial charge in [-0.05, 0) is 29.9 Å². The quantitative estimate of drug-likeness (QED) is 0.724. The molecular weight excluding hydrogens is 182 g/mol. The largest absolute Gasteiger partial charge is 0.324 e. The maximum absolute atomic E-state index is 6.06. The summed E-state index contributed by atoms with van der Waals surface area (Å²) in [4.78, 5) is 0. The Morgan fingerprint density at radius 3 is 2.20 bits per heavy atom. The van der Waals surface area contributed by atoms with Crippen molar-refractivity contribution < 1.29 is 0 Å². The molecule has 2 N–H and O–H groups in total. The first-order chi connectivity index (χ1) is 7.15. The van der Waals surface area contributed by atoms with Crippen molar-refractivity contribution in [3.63, 3.8) is 0 Å². The van der Waals surface area contributed by atoms with E-state index in [9.17, 15) is 0 Å². The third kappa shape index (κ3) is 3.52. The van der Waals surface area contributed by atoms with Gasteiger partial charge in [-0.25, -0.2) is 0 Å². The summed E-state index contributed by atoms with van der Waals surface area (Å²) in [5.74, 6) is 0.587. The van der Waals surface area contributed by atoms with E-state index in [-0.39, 0.29) is 6.04 Å². The van der Waals surface area contributed by atoms with Crippen molar-refractivity contribution in [3.05, 3.63) is 48.0 Å². The van der Waals surface area contributed by atoms with Gasteiger partial charge in [-0.2, -0.15) is 0 Å². The molecule has 1 aromatic carbocycles. The van der Waals surface area contributed by atoms with Gasteiger partial charge >= 0.3 is 0 Å². The molecule has 0 amide bonds. The molecule has 0 aliphatic heterocycles. The van der Waals surface area contributed by atoms with Crippen molar-refractivity contribution >= 4 is 0 Å². The smallest absolute Gasteiger partial charge is 0.0297 e. The average molecular weight is 203 g/mol. The van der Waals surface area contributed by atoms with Crippen LogP contribution in [0.1, 0.15) is 49.8 Å². The zero-order valence-corrected chi connectivity index (χ0v) is 9.74. The summed E-state index contributed by atoms with van der Waals surface area (Å²) in [5.41, 5.74) is 8.65. The van der Waals surface area contributed by atoms with Crippen LogP contribution in [-0.4, -0.2) is 0 Å². The zero-order valence-electron chi connectivity index (χ0n) is 9.74. The van der Waals surface area contributed by atoms with Gasteiger partial charge in [0.25, 0.3) is 0 Å². The molecule has 0 aromatic heterocycles. The number of hydrogen-bond acceptors (Lipinski definition) is 1. The van der Waals surface area contributed by atoms with Gasteiger partial charge in [-0.15, -0.1) is 6.58 Å². The van der Waals surface area contributed by atoms with Gasteiger partial charge in [0.05, 0.1) is 0 Å². The lowest BCUT2D eigenvalue weighted by atomic mass is 9.97. The van der Waals surface area contributed by atoms with Crippen LogP contribution in [0.2, 0.25) is 0 Å². The maximum Gasteiger partial charge on any atom is 0.0297 e. The van der Waals surface area contributed by atoms with Crippen molar-refractivity contribution in [3.8, 4) is 0 Å². The summed E-state index contributed by atoms with van der Waals surface area (Å²) in [6, 6.07) is 8.78. The topological polar surface area (TPSA) is 26.0 Å².